The van der Waals surface area contributed by atoms with Gasteiger partial charge in [-0.05, 0) is 30.9 Å². The van der Waals surface area contributed by atoms with Gasteiger partial charge in [-0.1, -0.05) is 6.07 Å². The first-order valence-corrected chi connectivity index (χ1v) is 8.51. The van der Waals surface area contributed by atoms with E-state index in [1.54, 1.807) is 6.07 Å². The standard InChI is InChI=1S/C14H17FO5S/c15-11-2-1-3-12(8-11)20-9-13(14(16)17)10-4-6-21(18,19)7-5-10/h1-3,8,10,13H,4-7,9H2,(H,16,17). The van der Waals surface area contributed by atoms with E-state index in [1.807, 2.05) is 0 Å². The quantitative estimate of drug-likeness (QED) is 0.895. The van der Waals surface area contributed by atoms with Crippen molar-refractivity contribution in [3.05, 3.63) is 30.1 Å². The van der Waals surface area contributed by atoms with Crippen molar-refractivity contribution in [1.29, 1.82) is 0 Å². The zero-order valence-electron chi connectivity index (χ0n) is 11.4. The molecule has 0 saturated carbocycles. The van der Waals surface area contributed by atoms with Crippen molar-refractivity contribution in [3.63, 3.8) is 0 Å². The summed E-state index contributed by atoms with van der Waals surface area (Å²) in [4.78, 5) is 11.3. The van der Waals surface area contributed by atoms with Crippen molar-refractivity contribution in [1.82, 2.24) is 0 Å². The first-order chi connectivity index (χ1) is 9.87. The SMILES string of the molecule is O=C(O)C(COc1cccc(F)c1)C1CCS(=O)(=O)CC1. The zero-order chi connectivity index (χ0) is 15.5. The molecular formula is C14H17FO5S. The molecule has 1 N–H and O–H groups in total. The first-order valence-electron chi connectivity index (χ1n) is 6.69. The number of carboxylic acid groups (broad SMARTS) is 1. The van der Waals surface area contributed by atoms with Gasteiger partial charge in [-0.2, -0.15) is 0 Å². The van der Waals surface area contributed by atoms with Crippen LogP contribution in [0.2, 0.25) is 0 Å². The largest absolute Gasteiger partial charge is 0.493 e. The minimum atomic E-state index is -3.03. The molecule has 1 saturated heterocycles. The second-order valence-electron chi connectivity index (χ2n) is 5.20. The third kappa shape index (κ3) is 4.42. The first kappa shape index (κ1) is 15.8. The number of hydrogen-bond donors (Lipinski definition) is 1. The number of carboxylic acids is 1. The van der Waals surface area contributed by atoms with Gasteiger partial charge in [0.05, 0.1) is 17.4 Å². The van der Waals surface area contributed by atoms with Gasteiger partial charge in [0.2, 0.25) is 0 Å². The Kier molecular flexibility index (Phi) is 4.82. The third-order valence-electron chi connectivity index (χ3n) is 3.71. The molecule has 0 aromatic heterocycles. The molecule has 21 heavy (non-hydrogen) atoms. The molecule has 2 rings (SSSR count). The fraction of sp³-hybridized carbons (Fsp3) is 0.500. The molecule has 1 aromatic carbocycles. The number of carbonyl (C=O) groups is 1. The number of rotatable bonds is 5. The number of hydrogen-bond acceptors (Lipinski definition) is 4. The van der Waals surface area contributed by atoms with Gasteiger partial charge in [0, 0.05) is 6.07 Å². The van der Waals surface area contributed by atoms with Gasteiger partial charge >= 0.3 is 5.97 Å². The number of aliphatic carboxylic acids is 1. The number of sulfone groups is 1. The molecule has 5 nitrogen and oxygen atoms in total. The van der Waals surface area contributed by atoms with Gasteiger partial charge in [0.1, 0.15) is 28.0 Å². The minimum Gasteiger partial charge on any atom is -0.493 e. The molecule has 0 aliphatic carbocycles. The van der Waals surface area contributed by atoms with E-state index >= 15 is 0 Å². The monoisotopic (exact) mass is 316 g/mol. The van der Waals surface area contributed by atoms with E-state index in [0.717, 1.165) is 0 Å². The van der Waals surface area contributed by atoms with Crippen LogP contribution in [0.25, 0.3) is 0 Å². The summed E-state index contributed by atoms with van der Waals surface area (Å²) in [6.07, 6.45) is 0.650. The molecule has 7 heteroatoms. The Morgan fingerprint density at radius 1 is 1.38 bits per heavy atom. The smallest absolute Gasteiger partial charge is 0.310 e. The van der Waals surface area contributed by atoms with Crippen LogP contribution < -0.4 is 4.74 Å². The second-order valence-corrected chi connectivity index (χ2v) is 7.51. The molecular weight excluding hydrogens is 299 g/mol. The maximum atomic E-state index is 13.0. The van der Waals surface area contributed by atoms with E-state index in [1.165, 1.54) is 18.2 Å². The van der Waals surface area contributed by atoms with Crippen LogP contribution in [-0.4, -0.2) is 37.6 Å². The van der Waals surface area contributed by atoms with Gasteiger partial charge < -0.3 is 9.84 Å². The number of benzene rings is 1. The van der Waals surface area contributed by atoms with Crippen LogP contribution in [0, 0.1) is 17.7 Å². The summed E-state index contributed by atoms with van der Waals surface area (Å²) in [6.45, 7) is -0.0937. The highest BCUT2D eigenvalue weighted by Crippen LogP contribution is 2.27. The van der Waals surface area contributed by atoms with Gasteiger partial charge in [0.25, 0.3) is 0 Å². The summed E-state index contributed by atoms with van der Waals surface area (Å²) in [5.74, 6) is -2.20. The fourth-order valence-electron chi connectivity index (χ4n) is 2.46. The maximum Gasteiger partial charge on any atom is 0.310 e. The molecule has 1 atom stereocenters. The lowest BCUT2D eigenvalue weighted by Crippen LogP contribution is -2.35. The lowest BCUT2D eigenvalue weighted by molar-refractivity contribution is -0.145. The van der Waals surface area contributed by atoms with E-state index < -0.39 is 27.5 Å². The summed E-state index contributed by atoms with van der Waals surface area (Å²) >= 11 is 0. The van der Waals surface area contributed by atoms with Crippen LogP contribution in [0.3, 0.4) is 0 Å². The predicted octanol–water partition coefficient (Wildman–Crippen LogP) is 1.73. The molecule has 116 valence electrons. The Morgan fingerprint density at radius 3 is 2.62 bits per heavy atom. The topological polar surface area (TPSA) is 80.7 Å². The molecule has 1 heterocycles. The third-order valence-corrected chi connectivity index (χ3v) is 5.43. The minimum absolute atomic E-state index is 0.0153. The highest BCUT2D eigenvalue weighted by molar-refractivity contribution is 7.91. The van der Waals surface area contributed by atoms with Crippen molar-refractivity contribution in [2.45, 2.75) is 12.8 Å². The van der Waals surface area contributed by atoms with Crippen molar-refractivity contribution in [2.24, 2.45) is 11.8 Å². The fourth-order valence-corrected chi connectivity index (χ4v) is 3.99. The Balaban J connectivity index is 1.98. The molecule has 1 aliphatic rings. The predicted molar refractivity (Wildman–Crippen MR) is 74.4 cm³/mol. The molecule has 0 spiro atoms. The van der Waals surface area contributed by atoms with Gasteiger partial charge in [-0.15, -0.1) is 0 Å². The van der Waals surface area contributed by atoms with Crippen LogP contribution >= 0.6 is 0 Å². The van der Waals surface area contributed by atoms with E-state index in [9.17, 15) is 22.7 Å². The van der Waals surface area contributed by atoms with E-state index in [0.29, 0.717) is 12.8 Å². The number of halogens is 1. The van der Waals surface area contributed by atoms with Gasteiger partial charge in [-0.3, -0.25) is 4.79 Å². The zero-order valence-corrected chi connectivity index (χ0v) is 12.2. The van der Waals surface area contributed by atoms with Gasteiger partial charge in [0.15, 0.2) is 0 Å². The van der Waals surface area contributed by atoms with Crippen LogP contribution in [0.5, 0.6) is 5.75 Å². The summed E-state index contributed by atoms with van der Waals surface area (Å²) in [6, 6.07) is 5.48. The summed E-state index contributed by atoms with van der Waals surface area (Å²) in [7, 11) is -3.03. The van der Waals surface area contributed by atoms with Crippen molar-refractivity contribution in [3.8, 4) is 5.75 Å². The van der Waals surface area contributed by atoms with Gasteiger partial charge in [-0.25, -0.2) is 12.8 Å². The molecule has 1 fully saturated rings. The van der Waals surface area contributed by atoms with E-state index in [4.69, 9.17) is 4.74 Å². The number of ether oxygens (including phenoxy) is 1. The average Bonchev–Trinajstić information content (AvgIpc) is 2.40. The molecule has 0 bridgehead atoms. The highest BCUT2D eigenvalue weighted by atomic mass is 32.2. The summed E-state index contributed by atoms with van der Waals surface area (Å²) in [5.41, 5.74) is 0. The van der Waals surface area contributed by atoms with Crippen LogP contribution in [0.4, 0.5) is 4.39 Å². The van der Waals surface area contributed by atoms with Crippen molar-refractivity contribution >= 4 is 15.8 Å². The van der Waals surface area contributed by atoms with Crippen LogP contribution in [-0.2, 0) is 14.6 Å². The molecule has 0 amide bonds. The maximum absolute atomic E-state index is 13.0. The Labute approximate surface area is 122 Å². The Bertz CT molecular complexity index is 600. The Hall–Kier alpha value is -1.63. The molecule has 0 radical (unpaired) electrons. The van der Waals surface area contributed by atoms with E-state index in [-0.39, 0.29) is 29.8 Å². The van der Waals surface area contributed by atoms with Crippen molar-refractivity contribution < 1.29 is 27.4 Å². The average molecular weight is 316 g/mol. The molecule has 1 unspecified atom stereocenters. The second kappa shape index (κ2) is 6.43. The lowest BCUT2D eigenvalue weighted by atomic mass is 9.88. The Morgan fingerprint density at radius 2 is 2.05 bits per heavy atom. The molecule has 1 aliphatic heterocycles. The normalized spacial score (nSPS) is 19.9. The lowest BCUT2D eigenvalue weighted by Gasteiger charge is -2.27. The van der Waals surface area contributed by atoms with E-state index in [2.05, 4.69) is 0 Å². The summed E-state index contributed by atoms with van der Waals surface area (Å²) in [5, 5.41) is 9.28. The summed E-state index contributed by atoms with van der Waals surface area (Å²) < 4.78 is 41.1. The molecule has 1 aromatic rings. The van der Waals surface area contributed by atoms with Crippen LogP contribution in [0.15, 0.2) is 24.3 Å². The highest BCUT2D eigenvalue weighted by Gasteiger charge is 2.34. The van der Waals surface area contributed by atoms with Crippen molar-refractivity contribution in [2.75, 3.05) is 18.1 Å². The van der Waals surface area contributed by atoms with Crippen LogP contribution in [0.1, 0.15) is 12.8 Å².